The summed E-state index contributed by atoms with van der Waals surface area (Å²) < 4.78 is 6.18. The molecule has 1 saturated carbocycles. The smallest absolute Gasteiger partial charge is 0.251 e. The van der Waals surface area contributed by atoms with E-state index in [0.717, 1.165) is 44.8 Å². The summed E-state index contributed by atoms with van der Waals surface area (Å²) >= 11 is 0. The minimum Gasteiger partial charge on any atom is -0.365 e. The van der Waals surface area contributed by atoms with E-state index in [1.54, 1.807) is 0 Å². The molecule has 2 rings (SSSR count). The van der Waals surface area contributed by atoms with Crippen LogP contribution in [-0.2, 0) is 9.53 Å². The number of nitrogens with zero attached hydrogens (tertiary/aromatic N) is 2. The molecule has 0 radical (unpaired) electrons. The van der Waals surface area contributed by atoms with Gasteiger partial charge < -0.3 is 14.5 Å². The van der Waals surface area contributed by atoms with Gasteiger partial charge in [-0.2, -0.15) is 0 Å². The van der Waals surface area contributed by atoms with Crippen LogP contribution in [0.1, 0.15) is 52.4 Å². The van der Waals surface area contributed by atoms with Crippen LogP contribution in [0, 0.1) is 11.8 Å². The second kappa shape index (κ2) is 8.30. The quantitative estimate of drug-likeness (QED) is 0.756. The Labute approximate surface area is 136 Å². The first-order chi connectivity index (χ1) is 10.5. The Morgan fingerprint density at radius 2 is 2.14 bits per heavy atom. The summed E-state index contributed by atoms with van der Waals surface area (Å²) in [7, 11) is 4.10. The molecule has 1 heterocycles. The fraction of sp³-hybridized carbons (Fsp3) is 0.944. The zero-order valence-corrected chi connectivity index (χ0v) is 14.9. The van der Waals surface area contributed by atoms with Crippen molar-refractivity contribution in [2.75, 3.05) is 33.7 Å². The standard InChI is InChI=1S/C18H34N2O2/c1-5-17(22-16-8-6-7-14(2)11-16)18(21)20(4)13-15-9-10-19(3)12-15/h14-17H,5-13H2,1-4H3/t14-,15-,16+,17-/m0/s1. The summed E-state index contributed by atoms with van der Waals surface area (Å²) in [6.45, 7) is 7.48. The van der Waals surface area contributed by atoms with Gasteiger partial charge in [0.2, 0.25) is 0 Å². The normalized spacial score (nSPS) is 31.2. The third-order valence-electron chi connectivity index (χ3n) is 5.29. The van der Waals surface area contributed by atoms with Crippen molar-refractivity contribution in [3.8, 4) is 0 Å². The number of carbonyl (C=O) groups is 1. The van der Waals surface area contributed by atoms with Crippen LogP contribution in [0.25, 0.3) is 0 Å². The first kappa shape index (κ1) is 17.7. The molecule has 0 aromatic heterocycles. The molecular formula is C18H34N2O2. The maximum absolute atomic E-state index is 12.7. The van der Waals surface area contributed by atoms with E-state index in [0.29, 0.717) is 5.92 Å². The van der Waals surface area contributed by atoms with Crippen molar-refractivity contribution in [1.82, 2.24) is 9.80 Å². The van der Waals surface area contributed by atoms with Crippen molar-refractivity contribution in [3.63, 3.8) is 0 Å². The minimum absolute atomic E-state index is 0.176. The Balaban J connectivity index is 1.82. The van der Waals surface area contributed by atoms with Gasteiger partial charge in [0.25, 0.3) is 5.91 Å². The molecule has 22 heavy (non-hydrogen) atoms. The van der Waals surface area contributed by atoms with Crippen LogP contribution in [0.15, 0.2) is 0 Å². The fourth-order valence-corrected chi connectivity index (χ4v) is 3.96. The Bertz CT molecular complexity index is 361. The molecule has 1 amide bonds. The van der Waals surface area contributed by atoms with Gasteiger partial charge in [-0.1, -0.05) is 26.7 Å². The average Bonchev–Trinajstić information content (AvgIpc) is 2.89. The lowest BCUT2D eigenvalue weighted by molar-refractivity contribution is -0.149. The molecule has 2 aliphatic rings. The molecule has 0 unspecified atom stereocenters. The highest BCUT2D eigenvalue weighted by Gasteiger charge is 2.29. The van der Waals surface area contributed by atoms with E-state index in [9.17, 15) is 4.79 Å². The molecule has 4 nitrogen and oxygen atoms in total. The third kappa shape index (κ3) is 4.95. The number of amides is 1. The Morgan fingerprint density at radius 3 is 2.73 bits per heavy atom. The number of likely N-dealkylation sites (N-methyl/N-ethyl adjacent to an activating group) is 1. The van der Waals surface area contributed by atoms with E-state index in [1.807, 2.05) is 11.9 Å². The molecule has 1 saturated heterocycles. The fourth-order valence-electron chi connectivity index (χ4n) is 3.96. The molecule has 0 N–H and O–H groups in total. The monoisotopic (exact) mass is 310 g/mol. The van der Waals surface area contributed by atoms with Gasteiger partial charge in [-0.3, -0.25) is 4.79 Å². The van der Waals surface area contributed by atoms with E-state index < -0.39 is 0 Å². The van der Waals surface area contributed by atoms with Crippen LogP contribution in [0.3, 0.4) is 0 Å². The maximum atomic E-state index is 12.7. The number of likely N-dealkylation sites (tertiary alicyclic amines) is 1. The largest absolute Gasteiger partial charge is 0.365 e. The summed E-state index contributed by atoms with van der Waals surface area (Å²) in [4.78, 5) is 16.9. The number of hydrogen-bond acceptors (Lipinski definition) is 3. The second-order valence-electron chi connectivity index (χ2n) is 7.56. The van der Waals surface area contributed by atoms with Gasteiger partial charge in [-0.15, -0.1) is 0 Å². The number of carbonyl (C=O) groups excluding carboxylic acids is 1. The zero-order valence-electron chi connectivity index (χ0n) is 14.9. The van der Waals surface area contributed by atoms with E-state index in [2.05, 4.69) is 25.8 Å². The van der Waals surface area contributed by atoms with E-state index in [-0.39, 0.29) is 18.1 Å². The van der Waals surface area contributed by atoms with E-state index in [1.165, 1.54) is 19.3 Å². The molecule has 4 heteroatoms. The van der Waals surface area contributed by atoms with Gasteiger partial charge in [0.05, 0.1) is 6.10 Å². The van der Waals surface area contributed by atoms with Gasteiger partial charge in [0.1, 0.15) is 6.10 Å². The van der Waals surface area contributed by atoms with E-state index >= 15 is 0 Å². The van der Waals surface area contributed by atoms with Gasteiger partial charge in [-0.05, 0) is 51.1 Å². The number of hydrogen-bond donors (Lipinski definition) is 0. The van der Waals surface area contributed by atoms with Crippen molar-refractivity contribution >= 4 is 5.91 Å². The molecule has 0 aromatic rings. The first-order valence-corrected chi connectivity index (χ1v) is 9.08. The van der Waals surface area contributed by atoms with Crippen LogP contribution >= 0.6 is 0 Å². The minimum atomic E-state index is -0.251. The van der Waals surface area contributed by atoms with Gasteiger partial charge >= 0.3 is 0 Å². The molecule has 1 aliphatic carbocycles. The average molecular weight is 310 g/mol. The maximum Gasteiger partial charge on any atom is 0.251 e. The first-order valence-electron chi connectivity index (χ1n) is 9.08. The summed E-state index contributed by atoms with van der Waals surface area (Å²) in [5.74, 6) is 1.53. The highest BCUT2D eigenvalue weighted by molar-refractivity contribution is 5.80. The lowest BCUT2D eigenvalue weighted by atomic mass is 9.88. The van der Waals surface area contributed by atoms with Crippen LogP contribution in [0.4, 0.5) is 0 Å². The van der Waals surface area contributed by atoms with Crippen molar-refractivity contribution in [2.45, 2.75) is 64.6 Å². The number of ether oxygens (including phenoxy) is 1. The lowest BCUT2D eigenvalue weighted by Gasteiger charge is -2.32. The van der Waals surface area contributed by atoms with Gasteiger partial charge in [0.15, 0.2) is 0 Å². The molecule has 128 valence electrons. The molecule has 0 spiro atoms. The summed E-state index contributed by atoms with van der Waals surface area (Å²) in [6, 6.07) is 0. The predicted molar refractivity (Wildman–Crippen MR) is 89.8 cm³/mol. The van der Waals surface area contributed by atoms with E-state index in [4.69, 9.17) is 4.74 Å². The van der Waals surface area contributed by atoms with Crippen molar-refractivity contribution < 1.29 is 9.53 Å². The van der Waals surface area contributed by atoms with Crippen LogP contribution in [0.5, 0.6) is 0 Å². The lowest BCUT2D eigenvalue weighted by Crippen LogP contribution is -2.42. The highest BCUT2D eigenvalue weighted by Crippen LogP contribution is 2.27. The Morgan fingerprint density at radius 1 is 1.36 bits per heavy atom. The van der Waals surface area contributed by atoms with Crippen molar-refractivity contribution in [1.29, 1.82) is 0 Å². The molecule has 2 fully saturated rings. The van der Waals surface area contributed by atoms with Crippen molar-refractivity contribution in [2.24, 2.45) is 11.8 Å². The summed E-state index contributed by atoms with van der Waals surface area (Å²) in [5, 5.41) is 0. The topological polar surface area (TPSA) is 32.8 Å². The van der Waals surface area contributed by atoms with Gasteiger partial charge in [0, 0.05) is 20.1 Å². The van der Waals surface area contributed by atoms with Crippen molar-refractivity contribution in [3.05, 3.63) is 0 Å². The Hall–Kier alpha value is -0.610. The summed E-state index contributed by atoms with van der Waals surface area (Å²) in [6.07, 6.45) is 6.78. The van der Waals surface area contributed by atoms with Gasteiger partial charge in [-0.25, -0.2) is 0 Å². The molecule has 1 aliphatic heterocycles. The van der Waals surface area contributed by atoms with Crippen LogP contribution in [-0.4, -0.2) is 61.6 Å². The summed E-state index contributed by atoms with van der Waals surface area (Å²) in [5.41, 5.74) is 0. The second-order valence-corrected chi connectivity index (χ2v) is 7.56. The van der Waals surface area contributed by atoms with Crippen LogP contribution < -0.4 is 0 Å². The number of rotatable bonds is 6. The molecular weight excluding hydrogens is 276 g/mol. The zero-order chi connectivity index (χ0) is 16.1. The molecule has 0 bridgehead atoms. The Kier molecular flexibility index (Phi) is 6.69. The SMILES string of the molecule is CC[C@H](O[C@@H]1CCC[C@H](C)C1)C(=O)N(C)C[C@H]1CCN(C)C1. The molecule has 4 atom stereocenters. The third-order valence-corrected chi connectivity index (χ3v) is 5.29. The highest BCUT2D eigenvalue weighted by atomic mass is 16.5. The predicted octanol–water partition coefficient (Wildman–Crippen LogP) is 2.77. The molecule has 0 aromatic carbocycles. The van der Waals surface area contributed by atoms with Crippen LogP contribution in [0.2, 0.25) is 0 Å².